The van der Waals surface area contributed by atoms with Crippen LogP contribution in [0.3, 0.4) is 0 Å². The van der Waals surface area contributed by atoms with Gasteiger partial charge in [-0.1, -0.05) is 47.6 Å². The van der Waals surface area contributed by atoms with E-state index >= 15 is 0 Å². The van der Waals surface area contributed by atoms with E-state index in [1.807, 2.05) is 0 Å². The Balaban J connectivity index is 1.14. The van der Waals surface area contributed by atoms with Gasteiger partial charge in [0, 0.05) is 49.0 Å². The summed E-state index contributed by atoms with van der Waals surface area (Å²) in [5.41, 5.74) is 16.2. The molecule has 2 fully saturated rings. The van der Waals surface area contributed by atoms with E-state index in [0.717, 1.165) is 38.2 Å². The molecule has 4 N–H and O–H groups in total. The van der Waals surface area contributed by atoms with Crippen LogP contribution in [0.25, 0.3) is 0 Å². The molecular weight excluding hydrogens is 502 g/mol. The fourth-order valence-corrected chi connectivity index (χ4v) is 7.03. The number of nitrogens with zero attached hydrogens (tertiary/aromatic N) is 4. The molecule has 0 unspecified atom stereocenters. The van der Waals surface area contributed by atoms with Crippen molar-refractivity contribution >= 4 is 35.0 Å². The lowest BCUT2D eigenvalue weighted by molar-refractivity contribution is -0.0876. The van der Waals surface area contributed by atoms with Crippen LogP contribution >= 0.6 is 23.4 Å². The fourth-order valence-electron chi connectivity index (χ4n) is 5.86. The lowest BCUT2D eigenvalue weighted by atomic mass is 9.73. The van der Waals surface area contributed by atoms with Crippen molar-refractivity contribution in [2.24, 2.45) is 11.1 Å². The van der Waals surface area contributed by atoms with Crippen LogP contribution in [0, 0.1) is 5.41 Å². The number of benzene rings is 1. The average molecular weight is 529 g/mol. The number of halogens is 3. The summed E-state index contributed by atoms with van der Waals surface area (Å²) in [6.07, 6.45) is 5.87. The third-order valence-electron chi connectivity index (χ3n) is 7.99. The van der Waals surface area contributed by atoms with Crippen LogP contribution in [0.4, 0.5) is 20.4 Å². The highest BCUT2D eigenvalue weighted by molar-refractivity contribution is 7.99. The molecule has 3 aromatic rings. The molecule has 2 aromatic heterocycles. The number of piperidine rings is 1. The second-order valence-electron chi connectivity index (χ2n) is 10.2. The van der Waals surface area contributed by atoms with Gasteiger partial charge in [0.2, 0.25) is 5.92 Å². The highest BCUT2D eigenvalue weighted by Crippen LogP contribution is 2.52. The van der Waals surface area contributed by atoms with E-state index in [2.05, 4.69) is 44.1 Å². The molecule has 6 nitrogen and oxygen atoms in total. The summed E-state index contributed by atoms with van der Waals surface area (Å²) in [6.45, 7) is 1.68. The summed E-state index contributed by atoms with van der Waals surface area (Å²) >= 11 is 7.81. The summed E-state index contributed by atoms with van der Waals surface area (Å²) < 4.78 is 26.7. The van der Waals surface area contributed by atoms with Crippen LogP contribution in [0.1, 0.15) is 54.5 Å². The lowest BCUT2D eigenvalue weighted by Gasteiger charge is -2.42. The first-order chi connectivity index (χ1) is 17.2. The van der Waals surface area contributed by atoms with Crippen LogP contribution in [0.2, 0.25) is 5.02 Å². The van der Waals surface area contributed by atoms with Crippen molar-refractivity contribution in [2.75, 3.05) is 23.7 Å². The van der Waals surface area contributed by atoms with Crippen molar-refractivity contribution in [3.8, 4) is 0 Å². The second-order valence-corrected chi connectivity index (χ2v) is 11.6. The zero-order chi connectivity index (χ0) is 25.1. The predicted octanol–water partition coefficient (Wildman–Crippen LogP) is 5.61. The molecule has 1 saturated carbocycles. The SMILES string of the molecule is Nc1nc(N2CCC3(CC2)Cc2ccccc2[C@H]3N)cnc1Sc1ccnc(C2CC(F)(F)C2)c1Cl. The first-order valence-corrected chi connectivity index (χ1v) is 13.4. The van der Waals surface area contributed by atoms with Gasteiger partial charge in [-0.05, 0) is 41.9 Å². The Hall–Kier alpha value is -2.49. The third kappa shape index (κ3) is 4.11. The van der Waals surface area contributed by atoms with E-state index < -0.39 is 5.92 Å². The maximum Gasteiger partial charge on any atom is 0.249 e. The van der Waals surface area contributed by atoms with Crippen molar-refractivity contribution in [3.63, 3.8) is 0 Å². The fraction of sp³-hybridized carbons (Fsp3) is 0.423. The summed E-state index contributed by atoms with van der Waals surface area (Å²) in [4.78, 5) is 16.3. The molecule has 0 bridgehead atoms. The summed E-state index contributed by atoms with van der Waals surface area (Å²) in [6, 6.07) is 10.3. The van der Waals surface area contributed by atoms with Crippen LogP contribution < -0.4 is 16.4 Å². The summed E-state index contributed by atoms with van der Waals surface area (Å²) in [7, 11) is 0. The van der Waals surface area contributed by atoms with Gasteiger partial charge in [0.05, 0.1) is 16.9 Å². The third-order valence-corrected chi connectivity index (χ3v) is 9.57. The number of hydrogen-bond acceptors (Lipinski definition) is 7. The lowest BCUT2D eigenvalue weighted by Crippen LogP contribution is -2.44. The predicted molar refractivity (Wildman–Crippen MR) is 138 cm³/mol. The van der Waals surface area contributed by atoms with Gasteiger partial charge in [-0.2, -0.15) is 0 Å². The van der Waals surface area contributed by atoms with Crippen molar-refractivity contribution < 1.29 is 8.78 Å². The van der Waals surface area contributed by atoms with E-state index in [1.165, 1.54) is 22.9 Å². The van der Waals surface area contributed by atoms with E-state index in [1.54, 1.807) is 18.5 Å². The Morgan fingerprint density at radius 1 is 1.08 bits per heavy atom. The van der Waals surface area contributed by atoms with Crippen LogP contribution in [-0.4, -0.2) is 34.0 Å². The van der Waals surface area contributed by atoms with Gasteiger partial charge in [0.15, 0.2) is 5.82 Å². The minimum absolute atomic E-state index is 0.0620. The normalized spacial score (nSPS) is 22.4. The van der Waals surface area contributed by atoms with E-state index in [4.69, 9.17) is 23.1 Å². The zero-order valence-electron chi connectivity index (χ0n) is 19.6. The second kappa shape index (κ2) is 8.82. The Labute approximate surface area is 217 Å². The molecule has 1 spiro atoms. The largest absolute Gasteiger partial charge is 0.381 e. The molecule has 1 aliphatic heterocycles. The molecule has 3 heterocycles. The van der Waals surface area contributed by atoms with E-state index in [9.17, 15) is 8.78 Å². The van der Waals surface area contributed by atoms with Crippen LogP contribution in [0.5, 0.6) is 0 Å². The first kappa shape index (κ1) is 23.9. The average Bonchev–Trinajstić information content (AvgIpc) is 3.11. The zero-order valence-corrected chi connectivity index (χ0v) is 21.2. The van der Waals surface area contributed by atoms with Crippen molar-refractivity contribution in [3.05, 3.63) is 64.6 Å². The van der Waals surface area contributed by atoms with E-state index in [-0.39, 0.29) is 30.2 Å². The monoisotopic (exact) mass is 528 g/mol. The molecule has 6 rings (SSSR count). The molecule has 1 saturated heterocycles. The first-order valence-electron chi connectivity index (χ1n) is 12.2. The van der Waals surface area contributed by atoms with Gasteiger partial charge < -0.3 is 16.4 Å². The molecule has 188 valence electrons. The van der Waals surface area contributed by atoms with Crippen LogP contribution in [-0.2, 0) is 6.42 Å². The maximum atomic E-state index is 13.3. The Kier molecular flexibility index (Phi) is 5.85. The Bertz CT molecular complexity index is 1310. The van der Waals surface area contributed by atoms with Crippen molar-refractivity contribution in [2.45, 2.75) is 59.9 Å². The van der Waals surface area contributed by atoms with Gasteiger partial charge in [-0.3, -0.25) is 4.98 Å². The van der Waals surface area contributed by atoms with Gasteiger partial charge in [0.1, 0.15) is 10.8 Å². The number of rotatable bonds is 4. The molecule has 36 heavy (non-hydrogen) atoms. The number of pyridine rings is 1. The molecule has 1 atom stereocenters. The van der Waals surface area contributed by atoms with Gasteiger partial charge in [-0.15, -0.1) is 0 Å². The summed E-state index contributed by atoms with van der Waals surface area (Å²) in [5.74, 6) is -1.91. The summed E-state index contributed by atoms with van der Waals surface area (Å²) in [5, 5.41) is 0.905. The van der Waals surface area contributed by atoms with Gasteiger partial charge >= 0.3 is 0 Å². The quantitative estimate of drug-likeness (QED) is 0.454. The molecular formula is C26H27ClF2N6S. The number of nitrogens with two attached hydrogens (primary N) is 2. The highest BCUT2D eigenvalue weighted by atomic mass is 35.5. The molecule has 0 radical (unpaired) electrons. The number of nitrogen functional groups attached to an aromatic ring is 1. The van der Waals surface area contributed by atoms with E-state index in [0.29, 0.717) is 26.5 Å². The van der Waals surface area contributed by atoms with Gasteiger partial charge in [-0.25, -0.2) is 18.7 Å². The molecule has 3 aliphatic rings. The minimum Gasteiger partial charge on any atom is -0.381 e. The smallest absolute Gasteiger partial charge is 0.249 e. The number of hydrogen-bond donors (Lipinski definition) is 2. The Morgan fingerprint density at radius 3 is 2.53 bits per heavy atom. The van der Waals surface area contributed by atoms with Crippen LogP contribution in [0.15, 0.2) is 52.6 Å². The molecule has 1 aromatic carbocycles. The Morgan fingerprint density at radius 2 is 1.83 bits per heavy atom. The highest BCUT2D eigenvalue weighted by Gasteiger charge is 2.48. The standard InChI is InChI=1S/C26H27ClF2N6S/c27-20-18(5-8-32-21(20)16-12-26(28,29)13-16)36-24-23(31)34-19(14-33-24)35-9-6-25(7-10-35)11-15-3-1-2-4-17(15)22(25)30/h1-5,8,14,16,22H,6-7,9-13,30H2,(H2,31,34)/t22-/m1/s1. The van der Waals surface area contributed by atoms with Gasteiger partial charge in [0.25, 0.3) is 0 Å². The maximum absolute atomic E-state index is 13.3. The van der Waals surface area contributed by atoms with Crippen molar-refractivity contribution in [1.29, 1.82) is 0 Å². The minimum atomic E-state index is -2.63. The number of aromatic nitrogens is 3. The number of fused-ring (bicyclic) bond motifs is 1. The van der Waals surface area contributed by atoms with Crippen molar-refractivity contribution in [1.82, 2.24) is 15.0 Å². The molecule has 10 heteroatoms. The number of alkyl halides is 2. The topological polar surface area (TPSA) is 94.0 Å². The number of anilines is 2. The molecule has 2 aliphatic carbocycles. The molecule has 0 amide bonds.